The molecule has 10 heavy (non-hydrogen) atoms. The van der Waals surface area contributed by atoms with Crippen LogP contribution in [0.2, 0.25) is 0 Å². The minimum absolute atomic E-state index is 0. The Morgan fingerprint density at radius 1 is 0.600 bits per heavy atom. The Morgan fingerprint density at radius 2 is 0.600 bits per heavy atom. The van der Waals surface area contributed by atoms with Gasteiger partial charge < -0.3 is 0 Å². The molecule has 0 aromatic heterocycles. The quantitative estimate of drug-likeness (QED) is 0.401. The van der Waals surface area contributed by atoms with E-state index in [0.717, 1.165) is 0 Å². The molecule has 0 bridgehead atoms. The molecule has 0 aromatic carbocycles. The van der Waals surface area contributed by atoms with Gasteiger partial charge in [0.25, 0.3) is 0 Å². The molecular weight excluding hydrogens is 408 g/mol. The van der Waals surface area contributed by atoms with Crippen molar-refractivity contribution in [3.8, 4) is 0 Å². The summed E-state index contributed by atoms with van der Waals surface area (Å²) in [5.41, 5.74) is 0. The predicted molar refractivity (Wildman–Crippen MR) is 70.0 cm³/mol. The normalized spacial score (nSPS) is 0. The average molecular weight is 420 g/mol. The van der Waals surface area contributed by atoms with E-state index in [1.807, 2.05) is 0 Å². The second-order valence-electron chi connectivity index (χ2n) is 0. The average Bonchev–Trinajstić information content (AvgIpc) is 0. The van der Waals surface area contributed by atoms with Gasteiger partial charge in [-0.1, -0.05) is 0 Å². The van der Waals surface area contributed by atoms with Crippen LogP contribution in [0.25, 0.3) is 0 Å². The number of rotatable bonds is 0. The Morgan fingerprint density at radius 3 is 0.600 bits per heavy atom. The first-order chi connectivity index (χ1) is 0. The third-order valence-corrected chi connectivity index (χ3v) is 0. The second-order valence-corrected chi connectivity index (χ2v) is 0. The van der Waals surface area contributed by atoms with Gasteiger partial charge in [-0.25, -0.2) is 0 Å². The van der Waals surface area contributed by atoms with Crippen LogP contribution in [0.5, 0.6) is 0 Å². The van der Waals surface area contributed by atoms with Crippen LogP contribution in [-0.2, 0) is 0 Å². The fourth-order valence-corrected chi connectivity index (χ4v) is 0. The summed E-state index contributed by atoms with van der Waals surface area (Å²) in [6.45, 7) is 0. The van der Waals surface area contributed by atoms with Gasteiger partial charge in [0.15, 0.2) is 0 Å². The summed E-state index contributed by atoms with van der Waals surface area (Å²) >= 11 is 0. The molecule has 0 fully saturated rings. The topological polar surface area (TPSA) is 0 Å². The van der Waals surface area contributed by atoms with Crippen molar-refractivity contribution in [3.05, 3.63) is 0 Å². The van der Waals surface area contributed by atoms with Crippen LogP contribution in [0.3, 0.4) is 0 Å². The van der Waals surface area contributed by atoms with Crippen LogP contribution in [-0.4, -0.2) is 182 Å². The van der Waals surface area contributed by atoms with Crippen LogP contribution in [0.4, 0.5) is 4.70 Å². The molecule has 0 spiro atoms. The summed E-state index contributed by atoms with van der Waals surface area (Å²) in [5.74, 6) is 0. The molecule has 0 nitrogen and oxygen atoms in total. The zero-order valence-electron chi connectivity index (χ0n) is 2.04. The molecular formula is H12BaCl4FKMgNa2. The molecule has 0 heterocycles. The molecule has 0 rings (SSSR count). The van der Waals surface area contributed by atoms with Gasteiger partial charge in [-0.15, -0.1) is 49.6 Å². The van der Waals surface area contributed by atoms with Gasteiger partial charge in [0.05, 0.1) is 0 Å². The van der Waals surface area contributed by atoms with E-state index in [2.05, 4.69) is 0 Å². The Balaban J connectivity index is 0. The van der Waals surface area contributed by atoms with Crippen molar-refractivity contribution in [2.75, 3.05) is 0 Å². The predicted octanol–water partition coefficient (Wildman–Crippen LogP) is -1.94. The first kappa shape index (κ1) is 88.2. The van der Waals surface area contributed by atoms with Gasteiger partial charge in [0.1, 0.15) is 0 Å². The second kappa shape index (κ2) is 73.1. The van der Waals surface area contributed by atoms with Gasteiger partial charge in [0, 0.05) is 0 Å². The molecule has 0 aromatic rings. The maximum atomic E-state index is 0. The zero-order valence-corrected chi connectivity index (χ0v) is 5.31. The summed E-state index contributed by atoms with van der Waals surface area (Å²) in [7, 11) is 0. The Labute approximate surface area is 229 Å². The SMILES string of the molecule is Cl.Cl.Cl.Cl.F.[BaH2].[KH].[MgH2].[NaH].[NaH]. The fourth-order valence-electron chi connectivity index (χ4n) is 0. The molecule has 54 valence electrons. The summed E-state index contributed by atoms with van der Waals surface area (Å²) in [6, 6.07) is 0. The van der Waals surface area contributed by atoms with Gasteiger partial charge in [-0.05, 0) is 0 Å². The number of halogens is 5. The Bertz CT molecular complexity index is 23.2. The van der Waals surface area contributed by atoms with Gasteiger partial charge in [0.2, 0.25) is 0 Å². The van der Waals surface area contributed by atoms with Crippen LogP contribution < -0.4 is 0 Å². The Hall–Kier alpha value is 7.06. The van der Waals surface area contributed by atoms with Crippen molar-refractivity contribution >= 4 is 232 Å². The summed E-state index contributed by atoms with van der Waals surface area (Å²) in [4.78, 5) is 0. The first-order valence-electron chi connectivity index (χ1n) is 0. The van der Waals surface area contributed by atoms with E-state index in [1.165, 1.54) is 0 Å². The van der Waals surface area contributed by atoms with E-state index in [0.29, 0.717) is 0 Å². The molecule has 0 saturated carbocycles. The summed E-state index contributed by atoms with van der Waals surface area (Å²) in [5, 5.41) is 0. The van der Waals surface area contributed by atoms with Crippen molar-refractivity contribution < 1.29 is 4.70 Å². The van der Waals surface area contributed by atoms with Crippen molar-refractivity contribution in [3.63, 3.8) is 0 Å². The van der Waals surface area contributed by atoms with Crippen molar-refractivity contribution in [2.24, 2.45) is 0 Å². The van der Waals surface area contributed by atoms with Gasteiger partial charge >= 0.3 is 182 Å². The standard InChI is InChI=1S/Ba.4ClH.FH.K.Mg.2Na.7H/h;5*1H;;;;;;;;;;;. The summed E-state index contributed by atoms with van der Waals surface area (Å²) < 4.78 is 0. The third kappa shape index (κ3) is 59.7. The van der Waals surface area contributed by atoms with E-state index >= 15 is 0 Å². The number of hydrogen-bond acceptors (Lipinski definition) is 0. The minimum atomic E-state index is 0. The zero-order chi connectivity index (χ0) is 0. The fraction of sp³-hybridized carbons (Fsp3) is 0. The van der Waals surface area contributed by atoms with Gasteiger partial charge in [-0.2, -0.15) is 0 Å². The molecule has 0 N–H and O–H groups in total. The van der Waals surface area contributed by atoms with Crippen molar-refractivity contribution in [1.82, 2.24) is 0 Å². The maximum absolute atomic E-state index is 0. The third-order valence-electron chi connectivity index (χ3n) is 0. The Kier molecular flexibility index (Phi) is 645. The summed E-state index contributed by atoms with van der Waals surface area (Å²) in [6.07, 6.45) is 0. The molecule has 0 unspecified atom stereocenters. The van der Waals surface area contributed by atoms with Crippen LogP contribution in [0.15, 0.2) is 0 Å². The van der Waals surface area contributed by atoms with Gasteiger partial charge in [-0.3, -0.25) is 4.70 Å². The first-order valence-corrected chi connectivity index (χ1v) is 0. The van der Waals surface area contributed by atoms with E-state index in [9.17, 15) is 0 Å². The van der Waals surface area contributed by atoms with Crippen LogP contribution in [0.1, 0.15) is 0 Å². The van der Waals surface area contributed by atoms with Crippen LogP contribution in [0, 0.1) is 0 Å². The van der Waals surface area contributed by atoms with E-state index in [4.69, 9.17) is 0 Å². The monoisotopic (exact) mass is 418 g/mol. The van der Waals surface area contributed by atoms with Crippen molar-refractivity contribution in [2.45, 2.75) is 0 Å². The number of hydrogen-bond donors (Lipinski definition) is 0. The van der Waals surface area contributed by atoms with Crippen molar-refractivity contribution in [1.29, 1.82) is 0 Å². The molecule has 0 saturated heterocycles. The molecule has 0 aliphatic heterocycles. The molecule has 0 atom stereocenters. The molecule has 0 aliphatic rings. The molecule has 0 amide bonds. The van der Waals surface area contributed by atoms with E-state index in [1.54, 1.807) is 0 Å². The molecule has 10 heteroatoms. The van der Waals surface area contributed by atoms with E-state index in [-0.39, 0.29) is 237 Å². The molecule has 0 radical (unpaired) electrons. The van der Waals surface area contributed by atoms with E-state index < -0.39 is 0 Å². The van der Waals surface area contributed by atoms with Crippen LogP contribution >= 0.6 is 49.6 Å². The molecule has 0 aliphatic carbocycles.